The summed E-state index contributed by atoms with van der Waals surface area (Å²) in [5, 5.41) is 15.4. The molecule has 4 nitrogen and oxygen atoms in total. The van der Waals surface area contributed by atoms with Gasteiger partial charge in [0.1, 0.15) is 0 Å². The monoisotopic (exact) mass is 240 g/mol. The molecule has 2 fully saturated rings. The molecule has 0 radical (unpaired) electrons. The zero-order valence-corrected chi connectivity index (χ0v) is 10.7. The highest BCUT2D eigenvalue weighted by Gasteiger charge is 2.44. The standard InChI is InChI=1S/C13H24N2O2/c1-2-13(5-7-14-10-13)11(17)15-9-12(3-4-12)6-8-16/h14,16H,2-10H2,1H3,(H,15,17). The quantitative estimate of drug-likeness (QED) is 0.639. The van der Waals surface area contributed by atoms with Gasteiger partial charge in [-0.2, -0.15) is 0 Å². The van der Waals surface area contributed by atoms with Crippen LogP contribution in [0.3, 0.4) is 0 Å². The van der Waals surface area contributed by atoms with E-state index in [2.05, 4.69) is 17.6 Å². The number of nitrogens with one attached hydrogen (secondary N) is 2. The lowest BCUT2D eigenvalue weighted by Gasteiger charge is -2.26. The number of hydrogen-bond donors (Lipinski definition) is 3. The van der Waals surface area contributed by atoms with Gasteiger partial charge in [-0.25, -0.2) is 0 Å². The fourth-order valence-electron chi connectivity index (χ4n) is 2.78. The number of amides is 1. The number of carbonyl (C=O) groups is 1. The van der Waals surface area contributed by atoms with Crippen molar-refractivity contribution in [3.8, 4) is 0 Å². The third-order valence-electron chi connectivity index (χ3n) is 4.63. The van der Waals surface area contributed by atoms with Crippen molar-refractivity contribution in [3.05, 3.63) is 0 Å². The van der Waals surface area contributed by atoms with E-state index >= 15 is 0 Å². The molecule has 1 atom stereocenters. The Bertz CT molecular complexity index is 281. The average molecular weight is 240 g/mol. The predicted molar refractivity (Wildman–Crippen MR) is 66.6 cm³/mol. The van der Waals surface area contributed by atoms with Crippen molar-refractivity contribution in [1.29, 1.82) is 0 Å². The Kier molecular flexibility index (Phi) is 3.73. The predicted octanol–water partition coefficient (Wildman–Crippen LogP) is 0.655. The largest absolute Gasteiger partial charge is 0.396 e. The van der Waals surface area contributed by atoms with Crippen LogP contribution in [0.1, 0.15) is 39.0 Å². The van der Waals surface area contributed by atoms with Gasteiger partial charge in [-0.1, -0.05) is 6.92 Å². The first-order chi connectivity index (χ1) is 8.16. The van der Waals surface area contributed by atoms with Crippen molar-refractivity contribution in [1.82, 2.24) is 10.6 Å². The highest BCUT2D eigenvalue weighted by atomic mass is 16.3. The highest BCUT2D eigenvalue weighted by molar-refractivity contribution is 5.83. The summed E-state index contributed by atoms with van der Waals surface area (Å²) in [5.41, 5.74) is 0.0284. The Morgan fingerprint density at radius 3 is 2.65 bits per heavy atom. The molecule has 1 saturated heterocycles. The van der Waals surface area contributed by atoms with Gasteiger partial charge in [-0.15, -0.1) is 0 Å². The maximum atomic E-state index is 12.3. The van der Waals surface area contributed by atoms with Crippen LogP contribution in [0.25, 0.3) is 0 Å². The van der Waals surface area contributed by atoms with E-state index in [-0.39, 0.29) is 23.3 Å². The topological polar surface area (TPSA) is 61.4 Å². The molecule has 3 N–H and O–H groups in total. The third kappa shape index (κ3) is 2.63. The second-order valence-electron chi connectivity index (χ2n) is 5.72. The summed E-state index contributed by atoms with van der Waals surface area (Å²) >= 11 is 0. The number of aliphatic hydroxyl groups excluding tert-OH is 1. The van der Waals surface area contributed by atoms with E-state index in [9.17, 15) is 4.79 Å². The lowest BCUT2D eigenvalue weighted by atomic mass is 9.83. The van der Waals surface area contributed by atoms with Crippen LogP contribution in [0.4, 0.5) is 0 Å². The molecule has 1 unspecified atom stereocenters. The number of aliphatic hydroxyl groups is 1. The molecule has 98 valence electrons. The van der Waals surface area contributed by atoms with Crippen molar-refractivity contribution < 1.29 is 9.90 Å². The van der Waals surface area contributed by atoms with Crippen LogP contribution in [0.2, 0.25) is 0 Å². The Morgan fingerprint density at radius 1 is 1.41 bits per heavy atom. The van der Waals surface area contributed by atoms with Crippen LogP contribution in [0, 0.1) is 10.8 Å². The molecule has 1 heterocycles. The molecular weight excluding hydrogens is 216 g/mol. The van der Waals surface area contributed by atoms with Crippen LogP contribution in [0.5, 0.6) is 0 Å². The number of hydrogen-bond acceptors (Lipinski definition) is 3. The first kappa shape index (κ1) is 12.8. The molecule has 0 bridgehead atoms. The van der Waals surface area contributed by atoms with E-state index in [1.165, 1.54) is 0 Å². The fourth-order valence-corrected chi connectivity index (χ4v) is 2.78. The minimum Gasteiger partial charge on any atom is -0.396 e. The van der Waals surface area contributed by atoms with Gasteiger partial charge in [0.05, 0.1) is 5.41 Å². The van der Waals surface area contributed by atoms with Gasteiger partial charge in [0.15, 0.2) is 0 Å². The van der Waals surface area contributed by atoms with Gasteiger partial charge >= 0.3 is 0 Å². The molecule has 0 spiro atoms. The molecule has 1 aliphatic carbocycles. The van der Waals surface area contributed by atoms with Crippen LogP contribution in [0.15, 0.2) is 0 Å². The molecule has 1 amide bonds. The summed E-state index contributed by atoms with van der Waals surface area (Å²) in [5.74, 6) is 0.203. The SMILES string of the molecule is CCC1(C(=O)NCC2(CCO)CC2)CCNC1. The van der Waals surface area contributed by atoms with Gasteiger partial charge < -0.3 is 15.7 Å². The second-order valence-corrected chi connectivity index (χ2v) is 5.72. The Morgan fingerprint density at radius 2 is 2.18 bits per heavy atom. The maximum Gasteiger partial charge on any atom is 0.227 e. The van der Waals surface area contributed by atoms with Crippen LogP contribution in [-0.4, -0.2) is 37.3 Å². The van der Waals surface area contributed by atoms with E-state index < -0.39 is 0 Å². The van der Waals surface area contributed by atoms with Crippen LogP contribution in [-0.2, 0) is 4.79 Å². The maximum absolute atomic E-state index is 12.3. The minimum absolute atomic E-state index is 0.185. The van der Waals surface area contributed by atoms with Crippen LogP contribution < -0.4 is 10.6 Å². The Hall–Kier alpha value is -0.610. The summed E-state index contributed by atoms with van der Waals surface area (Å²) in [7, 11) is 0. The lowest BCUT2D eigenvalue weighted by Crippen LogP contribution is -2.44. The summed E-state index contributed by atoms with van der Waals surface area (Å²) in [6, 6.07) is 0. The van der Waals surface area contributed by atoms with E-state index in [1.807, 2.05) is 0 Å². The van der Waals surface area contributed by atoms with Gasteiger partial charge in [-0.05, 0) is 44.1 Å². The van der Waals surface area contributed by atoms with Crippen molar-refractivity contribution >= 4 is 5.91 Å². The van der Waals surface area contributed by atoms with Gasteiger partial charge in [0.25, 0.3) is 0 Å². The first-order valence-corrected chi connectivity index (χ1v) is 6.76. The van der Waals surface area contributed by atoms with Crippen LogP contribution >= 0.6 is 0 Å². The van der Waals surface area contributed by atoms with Gasteiger partial charge in [0.2, 0.25) is 5.91 Å². The average Bonchev–Trinajstić information content (AvgIpc) is 2.93. The van der Waals surface area contributed by atoms with Gasteiger partial charge in [-0.3, -0.25) is 4.79 Å². The van der Waals surface area contributed by atoms with Crippen molar-refractivity contribution in [2.75, 3.05) is 26.2 Å². The van der Waals surface area contributed by atoms with E-state index in [1.54, 1.807) is 0 Å². The molecule has 0 aromatic carbocycles. The summed E-state index contributed by atoms with van der Waals surface area (Å²) < 4.78 is 0. The van der Waals surface area contributed by atoms with E-state index in [0.717, 1.165) is 51.7 Å². The van der Waals surface area contributed by atoms with Crippen molar-refractivity contribution in [2.24, 2.45) is 10.8 Å². The number of carbonyl (C=O) groups excluding carboxylic acids is 1. The second kappa shape index (κ2) is 4.94. The van der Waals surface area contributed by atoms with Gasteiger partial charge in [0, 0.05) is 19.7 Å². The van der Waals surface area contributed by atoms with E-state index in [0.29, 0.717) is 0 Å². The Balaban J connectivity index is 1.84. The molecule has 17 heavy (non-hydrogen) atoms. The summed E-state index contributed by atoms with van der Waals surface area (Å²) in [4.78, 5) is 12.3. The van der Waals surface area contributed by atoms with Crippen molar-refractivity contribution in [2.45, 2.75) is 39.0 Å². The third-order valence-corrected chi connectivity index (χ3v) is 4.63. The smallest absolute Gasteiger partial charge is 0.227 e. The normalized spacial score (nSPS) is 30.2. The minimum atomic E-state index is -0.185. The molecule has 2 rings (SSSR count). The molecular formula is C13H24N2O2. The molecule has 2 aliphatic rings. The lowest BCUT2D eigenvalue weighted by molar-refractivity contribution is -0.130. The molecule has 0 aromatic heterocycles. The first-order valence-electron chi connectivity index (χ1n) is 6.76. The zero-order chi connectivity index (χ0) is 12.4. The number of rotatable bonds is 6. The molecule has 4 heteroatoms. The Labute approximate surface area is 103 Å². The fraction of sp³-hybridized carbons (Fsp3) is 0.923. The molecule has 1 saturated carbocycles. The molecule has 1 aliphatic heterocycles. The zero-order valence-electron chi connectivity index (χ0n) is 10.7. The molecule has 0 aromatic rings. The van der Waals surface area contributed by atoms with Crippen molar-refractivity contribution in [3.63, 3.8) is 0 Å². The summed E-state index contributed by atoms with van der Waals surface area (Å²) in [6.45, 7) is 4.82. The van der Waals surface area contributed by atoms with E-state index in [4.69, 9.17) is 5.11 Å². The highest BCUT2D eigenvalue weighted by Crippen LogP contribution is 2.48. The summed E-state index contributed by atoms with van der Waals surface area (Å²) in [6.07, 6.45) is 4.96.